The molecular weight excluding hydrogens is 334 g/mol. The third-order valence-electron chi connectivity index (χ3n) is 6.00. The van der Waals surface area contributed by atoms with Crippen molar-refractivity contribution in [3.8, 4) is 0 Å². The summed E-state index contributed by atoms with van der Waals surface area (Å²) in [5.74, 6) is 3.42. The van der Waals surface area contributed by atoms with Gasteiger partial charge in [0.05, 0.1) is 19.1 Å². The van der Waals surface area contributed by atoms with Gasteiger partial charge in [-0.1, -0.05) is 0 Å². The highest BCUT2D eigenvalue weighted by Gasteiger charge is 2.41. The van der Waals surface area contributed by atoms with E-state index in [2.05, 4.69) is 33.5 Å². The van der Waals surface area contributed by atoms with Gasteiger partial charge < -0.3 is 9.15 Å². The van der Waals surface area contributed by atoms with Gasteiger partial charge in [0.25, 0.3) is 0 Å². The molecule has 2 aromatic heterocycles. The molecule has 2 aliphatic heterocycles. The van der Waals surface area contributed by atoms with E-state index in [1.54, 1.807) is 0 Å². The molecule has 1 saturated carbocycles. The van der Waals surface area contributed by atoms with Gasteiger partial charge in [-0.15, -0.1) is 21.5 Å². The van der Waals surface area contributed by atoms with Gasteiger partial charge >= 0.3 is 0 Å². The molecule has 5 nitrogen and oxygen atoms in total. The SMILES string of the molecule is Cc1ccsc1CN1CC[C@@H]2[C@@H](CO[C@H]2Cc2nnc(C3CC3)o2)C1. The minimum Gasteiger partial charge on any atom is -0.425 e. The van der Waals surface area contributed by atoms with Crippen molar-refractivity contribution >= 4 is 11.3 Å². The molecule has 0 spiro atoms. The first kappa shape index (κ1) is 16.0. The topological polar surface area (TPSA) is 51.4 Å². The van der Waals surface area contributed by atoms with Crippen LogP contribution in [0.2, 0.25) is 0 Å². The van der Waals surface area contributed by atoms with Crippen LogP contribution in [0.15, 0.2) is 15.9 Å². The third kappa shape index (κ3) is 3.27. The zero-order valence-corrected chi connectivity index (χ0v) is 15.5. The Morgan fingerprint density at radius 1 is 1.28 bits per heavy atom. The normalized spacial score (nSPS) is 29.9. The summed E-state index contributed by atoms with van der Waals surface area (Å²) in [5.41, 5.74) is 1.43. The number of aryl methyl sites for hydroxylation is 1. The van der Waals surface area contributed by atoms with Crippen LogP contribution in [0.1, 0.15) is 47.4 Å². The quantitative estimate of drug-likeness (QED) is 0.819. The zero-order chi connectivity index (χ0) is 16.8. The smallest absolute Gasteiger partial charge is 0.219 e. The number of piperidine rings is 1. The minimum atomic E-state index is 0.253. The van der Waals surface area contributed by atoms with E-state index < -0.39 is 0 Å². The van der Waals surface area contributed by atoms with Crippen molar-refractivity contribution in [1.82, 2.24) is 15.1 Å². The number of nitrogens with zero attached hydrogens (tertiary/aromatic N) is 3. The molecule has 0 amide bonds. The van der Waals surface area contributed by atoms with Crippen LogP contribution in [0, 0.1) is 18.8 Å². The number of aromatic nitrogens is 2. The first-order valence-electron chi connectivity index (χ1n) is 9.45. The van der Waals surface area contributed by atoms with E-state index in [-0.39, 0.29) is 6.10 Å². The summed E-state index contributed by atoms with van der Waals surface area (Å²) in [6.07, 6.45) is 4.65. The molecule has 1 aliphatic carbocycles. The summed E-state index contributed by atoms with van der Waals surface area (Å²) in [6.45, 7) is 6.49. The summed E-state index contributed by atoms with van der Waals surface area (Å²) in [5, 5.41) is 10.7. The minimum absolute atomic E-state index is 0.253. The first-order chi connectivity index (χ1) is 12.3. The fourth-order valence-corrected chi connectivity index (χ4v) is 5.25. The summed E-state index contributed by atoms with van der Waals surface area (Å²) in [6, 6.07) is 2.22. The number of hydrogen-bond donors (Lipinski definition) is 0. The maximum Gasteiger partial charge on any atom is 0.219 e. The number of rotatable bonds is 5. The molecule has 3 fully saturated rings. The maximum absolute atomic E-state index is 6.14. The van der Waals surface area contributed by atoms with Crippen LogP contribution in [0.4, 0.5) is 0 Å². The average Bonchev–Trinajstić information content (AvgIpc) is 3.03. The van der Waals surface area contributed by atoms with Crippen LogP contribution in [-0.2, 0) is 17.7 Å². The van der Waals surface area contributed by atoms with Crippen molar-refractivity contribution < 1.29 is 9.15 Å². The highest BCUT2D eigenvalue weighted by Crippen LogP contribution is 2.40. The van der Waals surface area contributed by atoms with Gasteiger partial charge in [-0.25, -0.2) is 0 Å². The van der Waals surface area contributed by atoms with Crippen molar-refractivity contribution in [1.29, 1.82) is 0 Å². The van der Waals surface area contributed by atoms with Gasteiger partial charge in [0, 0.05) is 29.8 Å². The fraction of sp³-hybridized carbons (Fsp3) is 0.684. The lowest BCUT2D eigenvalue weighted by molar-refractivity contribution is 0.0793. The van der Waals surface area contributed by atoms with E-state index in [0.717, 1.165) is 44.4 Å². The lowest BCUT2D eigenvalue weighted by Crippen LogP contribution is -2.41. The summed E-state index contributed by atoms with van der Waals surface area (Å²) in [4.78, 5) is 4.11. The highest BCUT2D eigenvalue weighted by atomic mass is 32.1. The molecule has 2 aromatic rings. The van der Waals surface area contributed by atoms with Crippen LogP contribution in [0.3, 0.4) is 0 Å². The van der Waals surface area contributed by atoms with Gasteiger partial charge in [-0.2, -0.15) is 0 Å². The van der Waals surface area contributed by atoms with Crippen molar-refractivity contribution in [2.75, 3.05) is 19.7 Å². The molecule has 6 heteroatoms. The van der Waals surface area contributed by atoms with Crippen molar-refractivity contribution in [2.24, 2.45) is 11.8 Å². The maximum atomic E-state index is 6.14. The number of ether oxygens (including phenoxy) is 1. The van der Waals surface area contributed by atoms with E-state index in [0.29, 0.717) is 17.8 Å². The molecule has 0 aromatic carbocycles. The van der Waals surface area contributed by atoms with E-state index in [1.165, 1.54) is 29.7 Å². The Morgan fingerprint density at radius 2 is 2.20 bits per heavy atom. The number of thiophene rings is 1. The monoisotopic (exact) mass is 359 g/mol. The van der Waals surface area contributed by atoms with Crippen LogP contribution in [0.5, 0.6) is 0 Å². The second kappa shape index (κ2) is 6.49. The molecule has 0 unspecified atom stereocenters. The first-order valence-corrected chi connectivity index (χ1v) is 10.3. The third-order valence-corrected chi connectivity index (χ3v) is 7.01. The number of likely N-dealkylation sites (tertiary alicyclic amines) is 1. The lowest BCUT2D eigenvalue weighted by atomic mass is 9.83. The van der Waals surface area contributed by atoms with Gasteiger partial charge in [-0.05, 0) is 55.7 Å². The molecule has 0 radical (unpaired) electrons. The average molecular weight is 359 g/mol. The predicted molar refractivity (Wildman–Crippen MR) is 95.6 cm³/mol. The van der Waals surface area contributed by atoms with Crippen LogP contribution < -0.4 is 0 Å². The molecule has 3 aliphatic rings. The summed E-state index contributed by atoms with van der Waals surface area (Å²) < 4.78 is 12.0. The second-order valence-corrected chi connectivity index (χ2v) is 8.86. The number of hydrogen-bond acceptors (Lipinski definition) is 6. The Balaban J connectivity index is 1.19. The summed E-state index contributed by atoms with van der Waals surface area (Å²) >= 11 is 1.88. The molecule has 5 rings (SSSR count). The summed E-state index contributed by atoms with van der Waals surface area (Å²) in [7, 11) is 0. The molecular formula is C19H25N3O2S. The standard InChI is InChI=1S/C19H25N3O2S/c1-12-5-7-25-17(12)10-22-6-4-15-14(9-22)11-23-16(15)8-18-20-21-19(24-18)13-2-3-13/h5,7,13-16H,2-4,6,8-11H2,1H3/t14-,15-,16+/m1/s1. The largest absolute Gasteiger partial charge is 0.425 e. The molecule has 0 N–H and O–H groups in total. The van der Waals surface area contributed by atoms with Gasteiger partial charge in [0.2, 0.25) is 11.8 Å². The number of fused-ring (bicyclic) bond motifs is 1. The van der Waals surface area contributed by atoms with Crippen molar-refractivity contribution in [2.45, 2.75) is 51.2 Å². The molecule has 3 atom stereocenters. The van der Waals surface area contributed by atoms with Gasteiger partial charge in [0.15, 0.2) is 0 Å². The highest BCUT2D eigenvalue weighted by molar-refractivity contribution is 7.10. The van der Waals surface area contributed by atoms with E-state index in [9.17, 15) is 0 Å². The second-order valence-electron chi connectivity index (χ2n) is 7.86. The molecule has 4 heterocycles. The molecule has 134 valence electrons. The van der Waals surface area contributed by atoms with Gasteiger partial charge in [0.1, 0.15) is 0 Å². The van der Waals surface area contributed by atoms with Crippen molar-refractivity contribution in [3.63, 3.8) is 0 Å². The Kier molecular flexibility index (Phi) is 4.14. The molecule has 2 saturated heterocycles. The van der Waals surface area contributed by atoms with E-state index in [1.807, 2.05) is 11.3 Å². The predicted octanol–water partition coefficient (Wildman–Crippen LogP) is 3.40. The van der Waals surface area contributed by atoms with E-state index in [4.69, 9.17) is 9.15 Å². The Morgan fingerprint density at radius 3 is 3.00 bits per heavy atom. The zero-order valence-electron chi connectivity index (χ0n) is 14.7. The Bertz CT molecular complexity index is 739. The molecule has 25 heavy (non-hydrogen) atoms. The van der Waals surface area contributed by atoms with Crippen LogP contribution >= 0.6 is 11.3 Å². The van der Waals surface area contributed by atoms with Crippen LogP contribution in [-0.4, -0.2) is 40.9 Å². The lowest BCUT2D eigenvalue weighted by Gasteiger charge is -2.35. The molecule has 0 bridgehead atoms. The van der Waals surface area contributed by atoms with E-state index >= 15 is 0 Å². The Labute approximate surface area is 152 Å². The van der Waals surface area contributed by atoms with Gasteiger partial charge in [-0.3, -0.25) is 4.90 Å². The van der Waals surface area contributed by atoms with Crippen molar-refractivity contribution in [3.05, 3.63) is 33.7 Å². The van der Waals surface area contributed by atoms with Crippen LogP contribution in [0.25, 0.3) is 0 Å². The fourth-order valence-electron chi connectivity index (χ4n) is 4.30. The Hall–Kier alpha value is -1.24.